The molecule has 0 unspecified atom stereocenters. The molecule has 1 aliphatic rings. The second kappa shape index (κ2) is 4.99. The fourth-order valence-corrected chi connectivity index (χ4v) is 1.20. The molecule has 0 spiro atoms. The maximum atomic E-state index is 11.1. The van der Waals surface area contributed by atoms with Crippen LogP contribution in [0.5, 0.6) is 0 Å². The summed E-state index contributed by atoms with van der Waals surface area (Å²) in [5.74, 6) is -0.0569. The van der Waals surface area contributed by atoms with E-state index in [0.29, 0.717) is 12.2 Å². The van der Waals surface area contributed by atoms with Crippen LogP contribution in [0.4, 0.5) is 0 Å². The number of carbonyl (C=O) groups excluding carboxylic acids is 1. The van der Waals surface area contributed by atoms with Gasteiger partial charge in [-0.25, -0.2) is 0 Å². The fraction of sp³-hybridized carbons (Fsp3) is 0.667. The van der Waals surface area contributed by atoms with Gasteiger partial charge in [-0.3, -0.25) is 9.69 Å². The standard InChI is InChI=1S/C9H17N3O/c1-8(2)9(13)11-7-12-5-3-10-4-6-12/h10H,1,3-7H2,2H3,(H,11,13). The first-order chi connectivity index (χ1) is 6.20. The van der Waals surface area contributed by atoms with Gasteiger partial charge in [-0.2, -0.15) is 0 Å². The van der Waals surface area contributed by atoms with Crippen molar-refractivity contribution in [2.24, 2.45) is 0 Å². The van der Waals surface area contributed by atoms with Crippen LogP contribution in [0, 0.1) is 0 Å². The Morgan fingerprint density at radius 2 is 2.15 bits per heavy atom. The Bertz CT molecular complexity index is 197. The molecular weight excluding hydrogens is 166 g/mol. The zero-order valence-corrected chi connectivity index (χ0v) is 8.10. The summed E-state index contributed by atoms with van der Waals surface area (Å²) in [6.45, 7) is 9.92. The number of rotatable bonds is 3. The van der Waals surface area contributed by atoms with Gasteiger partial charge in [-0.1, -0.05) is 6.58 Å². The lowest BCUT2D eigenvalue weighted by molar-refractivity contribution is -0.118. The van der Waals surface area contributed by atoms with Crippen molar-refractivity contribution in [2.45, 2.75) is 6.92 Å². The van der Waals surface area contributed by atoms with Gasteiger partial charge >= 0.3 is 0 Å². The summed E-state index contributed by atoms with van der Waals surface area (Å²) in [6.07, 6.45) is 0. The Labute approximate surface area is 79.0 Å². The predicted molar refractivity (Wildman–Crippen MR) is 52.3 cm³/mol. The number of nitrogens with one attached hydrogen (secondary N) is 2. The van der Waals surface area contributed by atoms with E-state index in [-0.39, 0.29) is 5.91 Å². The van der Waals surface area contributed by atoms with Crippen LogP contribution >= 0.6 is 0 Å². The summed E-state index contributed by atoms with van der Waals surface area (Å²) in [5, 5.41) is 6.06. The summed E-state index contributed by atoms with van der Waals surface area (Å²) >= 11 is 0. The second-order valence-corrected chi connectivity index (χ2v) is 3.31. The molecule has 4 heteroatoms. The molecule has 0 bridgehead atoms. The van der Waals surface area contributed by atoms with Crippen LogP contribution < -0.4 is 10.6 Å². The topological polar surface area (TPSA) is 44.4 Å². The van der Waals surface area contributed by atoms with Gasteiger partial charge in [0, 0.05) is 31.8 Å². The molecule has 74 valence electrons. The molecule has 13 heavy (non-hydrogen) atoms. The lowest BCUT2D eigenvalue weighted by Crippen LogP contribution is -2.48. The highest BCUT2D eigenvalue weighted by Gasteiger charge is 2.09. The maximum Gasteiger partial charge on any atom is 0.247 e. The van der Waals surface area contributed by atoms with Crippen molar-refractivity contribution >= 4 is 5.91 Å². The minimum absolute atomic E-state index is 0.0569. The molecule has 0 aliphatic carbocycles. The molecule has 0 atom stereocenters. The van der Waals surface area contributed by atoms with Crippen molar-refractivity contribution < 1.29 is 4.79 Å². The number of nitrogens with zero attached hydrogens (tertiary/aromatic N) is 1. The van der Waals surface area contributed by atoms with Crippen LogP contribution in [-0.2, 0) is 4.79 Å². The zero-order valence-electron chi connectivity index (χ0n) is 8.10. The van der Waals surface area contributed by atoms with Crippen LogP contribution in [0.3, 0.4) is 0 Å². The van der Waals surface area contributed by atoms with E-state index in [9.17, 15) is 4.79 Å². The smallest absolute Gasteiger partial charge is 0.247 e. The number of hydrogen-bond donors (Lipinski definition) is 2. The van der Waals surface area contributed by atoms with E-state index < -0.39 is 0 Å². The highest BCUT2D eigenvalue weighted by Crippen LogP contribution is 1.91. The molecule has 0 aromatic heterocycles. The van der Waals surface area contributed by atoms with Crippen molar-refractivity contribution in [2.75, 3.05) is 32.8 Å². The zero-order chi connectivity index (χ0) is 9.68. The first-order valence-electron chi connectivity index (χ1n) is 4.57. The van der Waals surface area contributed by atoms with Crippen LogP contribution in [0.1, 0.15) is 6.92 Å². The first kappa shape index (κ1) is 10.2. The van der Waals surface area contributed by atoms with E-state index in [1.54, 1.807) is 6.92 Å². The van der Waals surface area contributed by atoms with Crippen LogP contribution in [0.25, 0.3) is 0 Å². The summed E-state index contributed by atoms with van der Waals surface area (Å²) in [5.41, 5.74) is 0.565. The average Bonchev–Trinajstić information content (AvgIpc) is 2.15. The molecule has 0 radical (unpaired) electrons. The number of carbonyl (C=O) groups is 1. The maximum absolute atomic E-state index is 11.1. The van der Waals surface area contributed by atoms with Gasteiger partial charge in [0.1, 0.15) is 0 Å². The molecule has 1 rings (SSSR count). The van der Waals surface area contributed by atoms with Crippen molar-refractivity contribution in [3.8, 4) is 0 Å². The normalized spacial score (nSPS) is 18.2. The number of amides is 1. The van der Waals surface area contributed by atoms with Gasteiger partial charge in [-0.15, -0.1) is 0 Å². The Hall–Kier alpha value is -0.870. The van der Waals surface area contributed by atoms with Gasteiger partial charge in [0.05, 0.1) is 6.67 Å². The molecule has 0 saturated carbocycles. The van der Waals surface area contributed by atoms with Crippen molar-refractivity contribution in [1.82, 2.24) is 15.5 Å². The molecule has 1 fully saturated rings. The van der Waals surface area contributed by atoms with E-state index in [2.05, 4.69) is 22.1 Å². The lowest BCUT2D eigenvalue weighted by Gasteiger charge is -2.27. The summed E-state index contributed by atoms with van der Waals surface area (Å²) in [7, 11) is 0. The molecule has 4 nitrogen and oxygen atoms in total. The van der Waals surface area contributed by atoms with Crippen molar-refractivity contribution in [3.63, 3.8) is 0 Å². The van der Waals surface area contributed by atoms with Gasteiger partial charge < -0.3 is 10.6 Å². The molecule has 1 saturated heterocycles. The largest absolute Gasteiger partial charge is 0.340 e. The van der Waals surface area contributed by atoms with E-state index in [1.165, 1.54) is 0 Å². The Kier molecular flexibility index (Phi) is 3.92. The predicted octanol–water partition coefficient (Wildman–Crippen LogP) is -0.459. The SMILES string of the molecule is C=C(C)C(=O)NCN1CCNCC1. The molecule has 1 heterocycles. The third-order valence-corrected chi connectivity index (χ3v) is 2.06. The molecule has 0 aromatic rings. The highest BCUT2D eigenvalue weighted by atomic mass is 16.1. The molecular formula is C9H17N3O. The molecule has 1 aliphatic heterocycles. The van der Waals surface area contributed by atoms with Gasteiger partial charge in [0.15, 0.2) is 0 Å². The Balaban J connectivity index is 2.17. The van der Waals surface area contributed by atoms with E-state index in [0.717, 1.165) is 26.2 Å². The Morgan fingerprint density at radius 1 is 1.54 bits per heavy atom. The van der Waals surface area contributed by atoms with Crippen LogP contribution in [-0.4, -0.2) is 43.7 Å². The minimum Gasteiger partial charge on any atom is -0.340 e. The van der Waals surface area contributed by atoms with Gasteiger partial charge in [0.2, 0.25) is 5.91 Å². The molecule has 0 aromatic carbocycles. The third kappa shape index (κ3) is 3.57. The van der Waals surface area contributed by atoms with Crippen LogP contribution in [0.15, 0.2) is 12.2 Å². The summed E-state index contributed by atoms with van der Waals surface area (Å²) in [4.78, 5) is 13.3. The number of hydrogen-bond acceptors (Lipinski definition) is 3. The van der Waals surface area contributed by atoms with Crippen LogP contribution in [0.2, 0.25) is 0 Å². The highest BCUT2D eigenvalue weighted by molar-refractivity contribution is 5.91. The first-order valence-corrected chi connectivity index (χ1v) is 4.57. The third-order valence-electron chi connectivity index (χ3n) is 2.06. The lowest BCUT2D eigenvalue weighted by atomic mass is 10.3. The van der Waals surface area contributed by atoms with Crippen molar-refractivity contribution in [3.05, 3.63) is 12.2 Å². The minimum atomic E-state index is -0.0569. The second-order valence-electron chi connectivity index (χ2n) is 3.31. The average molecular weight is 183 g/mol. The molecule has 1 amide bonds. The van der Waals surface area contributed by atoms with E-state index >= 15 is 0 Å². The monoisotopic (exact) mass is 183 g/mol. The fourth-order valence-electron chi connectivity index (χ4n) is 1.20. The summed E-state index contributed by atoms with van der Waals surface area (Å²) in [6, 6.07) is 0. The Morgan fingerprint density at radius 3 is 2.69 bits per heavy atom. The van der Waals surface area contributed by atoms with Gasteiger partial charge in [-0.05, 0) is 6.92 Å². The molecule has 2 N–H and O–H groups in total. The van der Waals surface area contributed by atoms with E-state index in [1.807, 2.05) is 0 Å². The van der Waals surface area contributed by atoms with Crippen molar-refractivity contribution in [1.29, 1.82) is 0 Å². The summed E-state index contributed by atoms with van der Waals surface area (Å²) < 4.78 is 0. The van der Waals surface area contributed by atoms with E-state index in [4.69, 9.17) is 0 Å². The van der Waals surface area contributed by atoms with Gasteiger partial charge in [0.25, 0.3) is 0 Å². The quantitative estimate of drug-likeness (QED) is 0.582. The number of piperazine rings is 1.